The molecule has 33 heavy (non-hydrogen) atoms. The van der Waals surface area contributed by atoms with Crippen molar-refractivity contribution in [3.8, 4) is 28.7 Å². The predicted molar refractivity (Wildman–Crippen MR) is 130 cm³/mol. The molecular formula is C27H33NO5. The molecule has 0 saturated carbocycles. The first-order chi connectivity index (χ1) is 16.2. The van der Waals surface area contributed by atoms with Gasteiger partial charge in [0.2, 0.25) is 0 Å². The molecule has 0 aromatic heterocycles. The van der Waals surface area contributed by atoms with E-state index < -0.39 is 0 Å². The van der Waals surface area contributed by atoms with Gasteiger partial charge in [0.05, 0.1) is 20.3 Å². The van der Waals surface area contributed by atoms with E-state index in [4.69, 9.17) is 14.2 Å². The van der Waals surface area contributed by atoms with Crippen LogP contribution in [0.15, 0.2) is 66.7 Å². The molecule has 0 heterocycles. The van der Waals surface area contributed by atoms with Gasteiger partial charge in [-0.1, -0.05) is 36.4 Å². The Morgan fingerprint density at radius 1 is 0.697 bits per heavy atom. The first-order valence-electron chi connectivity index (χ1n) is 11.3. The Kier molecular flexibility index (Phi) is 9.73. The Morgan fingerprint density at radius 2 is 1.52 bits per heavy atom. The highest BCUT2D eigenvalue weighted by atomic mass is 16.5. The topological polar surface area (TPSA) is 80.2 Å². The zero-order chi connectivity index (χ0) is 23.3. The number of rotatable bonds is 14. The van der Waals surface area contributed by atoms with Crippen LogP contribution in [0.3, 0.4) is 0 Å². The summed E-state index contributed by atoms with van der Waals surface area (Å²) >= 11 is 0. The molecule has 3 aromatic rings. The third kappa shape index (κ3) is 8.24. The minimum Gasteiger partial charge on any atom is -0.504 e. The van der Waals surface area contributed by atoms with E-state index in [0.717, 1.165) is 50.3 Å². The van der Waals surface area contributed by atoms with Crippen LogP contribution in [0, 0.1) is 0 Å². The van der Waals surface area contributed by atoms with Gasteiger partial charge >= 0.3 is 0 Å². The molecule has 3 rings (SSSR count). The van der Waals surface area contributed by atoms with E-state index in [-0.39, 0.29) is 11.5 Å². The number of phenols is 2. The van der Waals surface area contributed by atoms with Crippen molar-refractivity contribution >= 4 is 0 Å². The summed E-state index contributed by atoms with van der Waals surface area (Å²) in [4.78, 5) is 0. The number of hydrogen-bond acceptors (Lipinski definition) is 6. The minimum absolute atomic E-state index is 0.150. The normalized spacial score (nSPS) is 10.7. The number of methoxy groups -OCH3 is 1. The third-order valence-electron chi connectivity index (χ3n) is 5.24. The van der Waals surface area contributed by atoms with Gasteiger partial charge in [0, 0.05) is 6.07 Å². The molecule has 0 aliphatic rings. The first-order valence-corrected chi connectivity index (χ1v) is 11.3. The van der Waals surface area contributed by atoms with Gasteiger partial charge < -0.3 is 29.7 Å². The van der Waals surface area contributed by atoms with E-state index in [9.17, 15) is 10.2 Å². The minimum atomic E-state index is -0.176. The number of phenolic OH excluding ortho intramolecular Hbond substituents is 2. The lowest BCUT2D eigenvalue weighted by Crippen LogP contribution is -2.20. The zero-order valence-electron chi connectivity index (χ0n) is 19.1. The molecule has 0 atom stereocenters. The molecule has 3 N–H and O–H groups in total. The number of ether oxygens (including phenoxy) is 3. The van der Waals surface area contributed by atoms with Crippen LogP contribution in [0.2, 0.25) is 0 Å². The van der Waals surface area contributed by atoms with Gasteiger partial charge in [0.15, 0.2) is 23.0 Å². The Labute approximate surface area is 195 Å². The van der Waals surface area contributed by atoms with Gasteiger partial charge in [-0.3, -0.25) is 0 Å². The van der Waals surface area contributed by atoms with Crippen LogP contribution in [0.1, 0.15) is 24.0 Å². The Morgan fingerprint density at radius 3 is 2.30 bits per heavy atom. The number of aryl methyl sites for hydroxylation is 1. The van der Waals surface area contributed by atoms with E-state index in [2.05, 4.69) is 35.6 Å². The monoisotopic (exact) mass is 451 g/mol. The van der Waals surface area contributed by atoms with Crippen molar-refractivity contribution in [2.75, 3.05) is 33.4 Å². The summed E-state index contributed by atoms with van der Waals surface area (Å²) in [5.41, 5.74) is 2.51. The highest BCUT2D eigenvalue weighted by Gasteiger charge is 2.06. The van der Waals surface area contributed by atoms with Crippen molar-refractivity contribution in [2.24, 2.45) is 0 Å². The summed E-state index contributed by atoms with van der Waals surface area (Å²) in [6, 6.07) is 21.0. The summed E-state index contributed by atoms with van der Waals surface area (Å²) < 4.78 is 17.0. The molecule has 176 valence electrons. The van der Waals surface area contributed by atoms with Gasteiger partial charge in [0.1, 0.15) is 5.75 Å². The van der Waals surface area contributed by atoms with Crippen LogP contribution in [0.4, 0.5) is 0 Å². The highest BCUT2D eigenvalue weighted by Crippen LogP contribution is 2.29. The van der Waals surface area contributed by atoms with E-state index >= 15 is 0 Å². The van der Waals surface area contributed by atoms with Crippen molar-refractivity contribution in [1.29, 1.82) is 0 Å². The summed E-state index contributed by atoms with van der Waals surface area (Å²) in [7, 11) is 1.67. The smallest absolute Gasteiger partial charge is 0.161 e. The predicted octanol–water partition coefficient (Wildman–Crippen LogP) is 4.72. The Hall–Kier alpha value is -3.38. The van der Waals surface area contributed by atoms with Crippen molar-refractivity contribution in [3.63, 3.8) is 0 Å². The van der Waals surface area contributed by atoms with Crippen LogP contribution in [-0.4, -0.2) is 43.6 Å². The maximum Gasteiger partial charge on any atom is 0.161 e. The van der Waals surface area contributed by atoms with Crippen LogP contribution >= 0.6 is 0 Å². The third-order valence-corrected chi connectivity index (χ3v) is 5.24. The number of benzene rings is 3. The van der Waals surface area contributed by atoms with Gasteiger partial charge in [-0.2, -0.15) is 0 Å². The molecular weight excluding hydrogens is 418 g/mol. The highest BCUT2D eigenvalue weighted by molar-refractivity contribution is 5.44. The molecule has 6 heteroatoms. The lowest BCUT2D eigenvalue weighted by atomic mass is 10.1. The van der Waals surface area contributed by atoms with Gasteiger partial charge in [-0.05, 0) is 74.2 Å². The number of aromatic hydroxyl groups is 2. The van der Waals surface area contributed by atoms with Crippen LogP contribution < -0.4 is 19.5 Å². The molecule has 0 spiro atoms. The maximum atomic E-state index is 9.47. The summed E-state index contributed by atoms with van der Waals surface area (Å²) in [6.45, 7) is 2.85. The second-order valence-corrected chi connectivity index (χ2v) is 7.78. The standard InChI is InChI=1S/C27H33NO5/c1-31-27-19-22(10-13-26(27)33-17-5-9-21-7-3-2-4-8-21)14-16-28-15-6-18-32-23-11-12-24(29)25(30)20-23/h2-4,7-8,10-13,19-20,28-30H,5-6,9,14-18H2,1H3. The van der Waals surface area contributed by atoms with E-state index in [1.165, 1.54) is 23.3 Å². The fraction of sp³-hybridized carbons (Fsp3) is 0.333. The van der Waals surface area contributed by atoms with Gasteiger partial charge in [-0.15, -0.1) is 0 Å². The molecule has 0 bridgehead atoms. The molecule has 0 radical (unpaired) electrons. The second-order valence-electron chi connectivity index (χ2n) is 7.78. The average Bonchev–Trinajstić information content (AvgIpc) is 2.84. The molecule has 6 nitrogen and oxygen atoms in total. The van der Waals surface area contributed by atoms with Gasteiger partial charge in [-0.25, -0.2) is 0 Å². The number of hydrogen-bond donors (Lipinski definition) is 3. The molecule has 0 amide bonds. The van der Waals surface area contributed by atoms with Crippen molar-refractivity contribution < 1.29 is 24.4 Å². The lowest BCUT2D eigenvalue weighted by Gasteiger charge is -2.13. The number of nitrogens with one attached hydrogen (secondary N) is 1. The maximum absolute atomic E-state index is 9.47. The molecule has 0 saturated heterocycles. The van der Waals surface area contributed by atoms with Gasteiger partial charge in [0.25, 0.3) is 0 Å². The Balaban J connectivity index is 1.31. The summed E-state index contributed by atoms with van der Waals surface area (Å²) in [5.74, 6) is 1.75. The second kappa shape index (κ2) is 13.2. The van der Waals surface area contributed by atoms with E-state index in [1.54, 1.807) is 13.2 Å². The molecule has 0 fully saturated rings. The van der Waals surface area contributed by atoms with Crippen LogP contribution in [0.25, 0.3) is 0 Å². The van der Waals surface area contributed by atoms with E-state index in [1.807, 2.05) is 18.2 Å². The first kappa shape index (κ1) is 24.3. The van der Waals surface area contributed by atoms with Crippen LogP contribution in [0.5, 0.6) is 28.7 Å². The SMILES string of the molecule is COc1cc(CCNCCCOc2ccc(O)c(O)c2)ccc1OCCCc1ccccc1. The Bertz CT molecular complexity index is 978. The lowest BCUT2D eigenvalue weighted by molar-refractivity contribution is 0.289. The van der Waals surface area contributed by atoms with Crippen molar-refractivity contribution in [2.45, 2.75) is 25.7 Å². The molecule has 0 aliphatic carbocycles. The molecule has 0 unspecified atom stereocenters. The van der Waals surface area contributed by atoms with Crippen molar-refractivity contribution in [1.82, 2.24) is 5.32 Å². The largest absolute Gasteiger partial charge is 0.504 e. The fourth-order valence-electron chi connectivity index (χ4n) is 3.43. The quantitative estimate of drug-likeness (QED) is 0.243. The summed E-state index contributed by atoms with van der Waals surface area (Å²) in [5, 5.41) is 22.2. The van der Waals surface area contributed by atoms with Crippen LogP contribution in [-0.2, 0) is 12.8 Å². The summed E-state index contributed by atoms with van der Waals surface area (Å²) in [6.07, 6.45) is 3.67. The average molecular weight is 452 g/mol. The molecule has 3 aromatic carbocycles. The zero-order valence-corrected chi connectivity index (χ0v) is 19.1. The van der Waals surface area contributed by atoms with E-state index in [0.29, 0.717) is 19.0 Å². The van der Waals surface area contributed by atoms with Crippen molar-refractivity contribution in [3.05, 3.63) is 77.9 Å². The fourth-order valence-corrected chi connectivity index (χ4v) is 3.43. The molecule has 0 aliphatic heterocycles.